The van der Waals surface area contributed by atoms with Crippen LogP contribution in [-0.4, -0.2) is 4.98 Å². The summed E-state index contributed by atoms with van der Waals surface area (Å²) in [5.41, 5.74) is 10.6. The Morgan fingerprint density at radius 2 is 1.64 bits per heavy atom. The van der Waals surface area contributed by atoms with Gasteiger partial charge in [-0.05, 0) is 41.5 Å². The van der Waals surface area contributed by atoms with E-state index in [0.29, 0.717) is 16.6 Å². The molecule has 0 aliphatic rings. The van der Waals surface area contributed by atoms with Crippen molar-refractivity contribution in [1.82, 2.24) is 4.98 Å². The minimum absolute atomic E-state index is 0.446. The summed E-state index contributed by atoms with van der Waals surface area (Å²) in [5, 5.41) is 1.39. The first-order valence-corrected chi connectivity index (χ1v) is 7.64. The lowest BCUT2D eigenvalue weighted by Crippen LogP contribution is -1.99. The smallest absolute Gasteiger partial charge is 0.0780 e. The summed E-state index contributed by atoms with van der Waals surface area (Å²) in [6.45, 7) is 0.446. The number of pyridine rings is 1. The maximum atomic E-state index is 6.12. The van der Waals surface area contributed by atoms with Gasteiger partial charge in [-0.25, -0.2) is 0 Å². The van der Waals surface area contributed by atoms with Gasteiger partial charge in [-0.2, -0.15) is 0 Å². The summed E-state index contributed by atoms with van der Waals surface area (Å²) in [5.74, 6) is 0. The third-order valence-electron chi connectivity index (χ3n) is 3.43. The fraction of sp³-hybridized carbons (Fsp3) is 0.0556. The average Bonchev–Trinajstić information content (AvgIpc) is 2.55. The Labute approximate surface area is 139 Å². The Bertz CT molecular complexity index is 798. The molecule has 0 fully saturated rings. The van der Waals surface area contributed by atoms with Crippen molar-refractivity contribution in [3.63, 3.8) is 0 Å². The van der Waals surface area contributed by atoms with Gasteiger partial charge in [0, 0.05) is 33.9 Å². The van der Waals surface area contributed by atoms with Crippen molar-refractivity contribution < 1.29 is 0 Å². The van der Waals surface area contributed by atoms with Crippen LogP contribution in [0.3, 0.4) is 0 Å². The monoisotopic (exact) mass is 328 g/mol. The third-order valence-corrected chi connectivity index (χ3v) is 3.92. The summed E-state index contributed by atoms with van der Waals surface area (Å²) in [4.78, 5) is 4.59. The molecule has 0 amide bonds. The van der Waals surface area contributed by atoms with E-state index in [0.717, 1.165) is 27.9 Å². The van der Waals surface area contributed by atoms with Crippen LogP contribution in [0.4, 0.5) is 0 Å². The molecule has 22 heavy (non-hydrogen) atoms. The van der Waals surface area contributed by atoms with Crippen LogP contribution in [0.1, 0.15) is 5.56 Å². The molecule has 1 heterocycles. The second-order valence-corrected chi connectivity index (χ2v) is 5.83. The molecule has 3 aromatic rings. The maximum absolute atomic E-state index is 6.12. The van der Waals surface area contributed by atoms with Gasteiger partial charge in [-0.3, -0.25) is 4.98 Å². The van der Waals surface area contributed by atoms with Gasteiger partial charge in [0.2, 0.25) is 0 Å². The molecular weight excluding hydrogens is 315 g/mol. The van der Waals surface area contributed by atoms with Crippen LogP contribution >= 0.6 is 23.2 Å². The molecule has 110 valence electrons. The highest BCUT2D eigenvalue weighted by molar-refractivity contribution is 6.31. The van der Waals surface area contributed by atoms with Gasteiger partial charge in [0.1, 0.15) is 0 Å². The Hall–Kier alpha value is -1.87. The summed E-state index contributed by atoms with van der Waals surface area (Å²) in [6.07, 6.45) is 1.80. The Balaban J connectivity index is 2.19. The van der Waals surface area contributed by atoms with Gasteiger partial charge in [-0.1, -0.05) is 47.5 Å². The third kappa shape index (κ3) is 3.14. The number of rotatable bonds is 3. The zero-order valence-electron chi connectivity index (χ0n) is 11.8. The Kier molecular flexibility index (Phi) is 4.44. The average molecular weight is 329 g/mol. The molecule has 2 N–H and O–H groups in total. The zero-order chi connectivity index (χ0) is 15.5. The van der Waals surface area contributed by atoms with Crippen molar-refractivity contribution in [2.75, 3.05) is 0 Å². The number of nitrogens with zero attached hydrogens (tertiary/aromatic N) is 1. The highest BCUT2D eigenvalue weighted by Crippen LogP contribution is 2.32. The molecule has 0 unspecified atom stereocenters. The van der Waals surface area contributed by atoms with Gasteiger partial charge in [0.25, 0.3) is 0 Å². The van der Waals surface area contributed by atoms with Gasteiger partial charge < -0.3 is 5.73 Å². The summed E-state index contributed by atoms with van der Waals surface area (Å²) >= 11 is 12.1. The van der Waals surface area contributed by atoms with E-state index in [2.05, 4.69) is 11.1 Å². The van der Waals surface area contributed by atoms with Crippen LogP contribution in [-0.2, 0) is 6.54 Å². The molecular formula is C18H14Cl2N2. The molecule has 0 aliphatic heterocycles. The molecule has 0 spiro atoms. The van der Waals surface area contributed by atoms with E-state index < -0.39 is 0 Å². The molecule has 2 nitrogen and oxygen atoms in total. The van der Waals surface area contributed by atoms with Crippen LogP contribution in [0.2, 0.25) is 10.0 Å². The van der Waals surface area contributed by atoms with Crippen LogP contribution < -0.4 is 5.73 Å². The zero-order valence-corrected chi connectivity index (χ0v) is 13.3. The van der Waals surface area contributed by atoms with Gasteiger partial charge in [0.05, 0.1) is 5.69 Å². The molecule has 4 heteroatoms. The Morgan fingerprint density at radius 3 is 2.32 bits per heavy atom. The van der Waals surface area contributed by atoms with Crippen molar-refractivity contribution in [1.29, 1.82) is 0 Å². The van der Waals surface area contributed by atoms with E-state index in [1.54, 1.807) is 6.20 Å². The summed E-state index contributed by atoms with van der Waals surface area (Å²) in [7, 11) is 0. The van der Waals surface area contributed by atoms with Crippen molar-refractivity contribution in [3.8, 4) is 22.4 Å². The molecule has 0 saturated heterocycles. The fourth-order valence-electron chi connectivity index (χ4n) is 2.33. The number of nitrogens with two attached hydrogens (primary N) is 1. The quantitative estimate of drug-likeness (QED) is 0.719. The number of benzene rings is 2. The first-order valence-electron chi connectivity index (χ1n) is 6.88. The largest absolute Gasteiger partial charge is 0.326 e. The van der Waals surface area contributed by atoms with Crippen LogP contribution in [0.25, 0.3) is 22.4 Å². The van der Waals surface area contributed by atoms with E-state index in [4.69, 9.17) is 28.9 Å². The van der Waals surface area contributed by atoms with Gasteiger partial charge in [0.15, 0.2) is 0 Å². The standard InChI is InChI=1S/C18H14Cl2N2/c19-15-6-4-13(5-7-15)18-17(8-12(10-21)11-22-18)14-2-1-3-16(20)9-14/h1-9,11H,10,21H2. The number of aromatic nitrogens is 1. The normalized spacial score (nSPS) is 10.7. The fourth-order valence-corrected chi connectivity index (χ4v) is 2.65. The second kappa shape index (κ2) is 6.49. The molecule has 3 rings (SSSR count). The van der Waals surface area contributed by atoms with Crippen molar-refractivity contribution in [2.45, 2.75) is 6.54 Å². The molecule has 2 aromatic carbocycles. The maximum Gasteiger partial charge on any atom is 0.0780 e. The topological polar surface area (TPSA) is 38.9 Å². The molecule has 0 radical (unpaired) electrons. The van der Waals surface area contributed by atoms with Crippen LogP contribution in [0.5, 0.6) is 0 Å². The summed E-state index contributed by atoms with van der Waals surface area (Å²) < 4.78 is 0. The van der Waals surface area contributed by atoms with Crippen molar-refractivity contribution in [3.05, 3.63) is 76.4 Å². The highest BCUT2D eigenvalue weighted by atomic mass is 35.5. The first kappa shape index (κ1) is 15.0. The van der Waals surface area contributed by atoms with Crippen LogP contribution in [0.15, 0.2) is 60.8 Å². The molecule has 0 atom stereocenters. The van der Waals surface area contributed by atoms with Gasteiger partial charge in [-0.15, -0.1) is 0 Å². The lowest BCUT2D eigenvalue weighted by molar-refractivity contribution is 1.05. The molecule has 0 bridgehead atoms. The van der Waals surface area contributed by atoms with E-state index >= 15 is 0 Å². The van der Waals surface area contributed by atoms with Gasteiger partial charge >= 0.3 is 0 Å². The lowest BCUT2D eigenvalue weighted by atomic mass is 9.98. The lowest BCUT2D eigenvalue weighted by Gasteiger charge is -2.11. The number of hydrogen-bond donors (Lipinski definition) is 1. The minimum atomic E-state index is 0.446. The number of halogens is 2. The van der Waals surface area contributed by atoms with Crippen molar-refractivity contribution >= 4 is 23.2 Å². The van der Waals surface area contributed by atoms with Crippen molar-refractivity contribution in [2.24, 2.45) is 5.73 Å². The molecule has 0 saturated carbocycles. The summed E-state index contributed by atoms with van der Waals surface area (Å²) in [6, 6.07) is 17.4. The van der Waals surface area contributed by atoms with E-state index in [1.165, 1.54) is 0 Å². The van der Waals surface area contributed by atoms with E-state index in [-0.39, 0.29) is 0 Å². The SMILES string of the molecule is NCc1cnc(-c2ccc(Cl)cc2)c(-c2cccc(Cl)c2)c1. The van der Waals surface area contributed by atoms with E-state index in [9.17, 15) is 0 Å². The Morgan fingerprint density at radius 1 is 0.864 bits per heavy atom. The number of hydrogen-bond acceptors (Lipinski definition) is 2. The highest BCUT2D eigenvalue weighted by Gasteiger charge is 2.10. The van der Waals surface area contributed by atoms with E-state index in [1.807, 2.05) is 48.5 Å². The predicted octanol–water partition coefficient (Wildman–Crippen LogP) is 5.18. The molecule has 0 aliphatic carbocycles. The first-order chi connectivity index (χ1) is 10.7. The second-order valence-electron chi connectivity index (χ2n) is 4.96. The molecule has 1 aromatic heterocycles. The minimum Gasteiger partial charge on any atom is -0.326 e. The van der Waals surface area contributed by atoms with Crippen LogP contribution in [0, 0.1) is 0 Å². The predicted molar refractivity (Wildman–Crippen MR) is 93.0 cm³/mol.